The van der Waals surface area contributed by atoms with Gasteiger partial charge in [0.05, 0.1) is 17.4 Å². The summed E-state index contributed by atoms with van der Waals surface area (Å²) in [6, 6.07) is 3.69. The molecule has 1 amide bonds. The zero-order valence-corrected chi connectivity index (χ0v) is 17.4. The largest absolute Gasteiger partial charge is 0.354 e. The van der Waals surface area contributed by atoms with E-state index in [1.807, 2.05) is 11.0 Å². The number of halogens is 1. The molecular formula is C18H26ClN5O3S. The number of amides is 1. The van der Waals surface area contributed by atoms with Crippen LogP contribution in [0.15, 0.2) is 12.1 Å². The van der Waals surface area contributed by atoms with Crippen molar-refractivity contribution >= 4 is 33.2 Å². The van der Waals surface area contributed by atoms with E-state index in [4.69, 9.17) is 11.6 Å². The number of hydrogen-bond acceptors (Lipinski definition) is 7. The maximum Gasteiger partial charge on any atom is 0.227 e. The highest BCUT2D eigenvalue weighted by atomic mass is 35.5. The van der Waals surface area contributed by atoms with Gasteiger partial charge in [-0.3, -0.25) is 9.69 Å². The van der Waals surface area contributed by atoms with Gasteiger partial charge in [0.2, 0.25) is 5.91 Å². The fourth-order valence-electron chi connectivity index (χ4n) is 4.49. The van der Waals surface area contributed by atoms with Gasteiger partial charge in [-0.15, -0.1) is 10.2 Å². The average Bonchev–Trinajstić information content (AvgIpc) is 3.08. The zero-order valence-electron chi connectivity index (χ0n) is 15.8. The van der Waals surface area contributed by atoms with Crippen LogP contribution >= 0.6 is 11.6 Å². The van der Waals surface area contributed by atoms with Crippen LogP contribution in [-0.2, 0) is 14.6 Å². The Morgan fingerprint density at radius 2 is 1.86 bits per heavy atom. The second kappa shape index (κ2) is 8.12. The Labute approximate surface area is 170 Å². The summed E-state index contributed by atoms with van der Waals surface area (Å²) in [6.07, 6.45) is 2.55. The zero-order chi connectivity index (χ0) is 19.7. The Morgan fingerprint density at radius 3 is 2.50 bits per heavy atom. The molecule has 4 heterocycles. The Balaban J connectivity index is 1.31. The number of nitrogens with zero attached hydrogens (tertiary/aromatic N) is 5. The number of carbonyl (C=O) groups excluding carboxylic acids is 1. The topological polar surface area (TPSA) is 86.7 Å². The van der Waals surface area contributed by atoms with E-state index >= 15 is 0 Å². The normalized spacial score (nSPS) is 28.5. The summed E-state index contributed by atoms with van der Waals surface area (Å²) >= 11 is 5.82. The first kappa shape index (κ1) is 19.8. The molecule has 3 saturated heterocycles. The van der Waals surface area contributed by atoms with Crippen molar-refractivity contribution in [1.82, 2.24) is 20.0 Å². The molecule has 3 aliphatic heterocycles. The average molecular weight is 428 g/mol. The van der Waals surface area contributed by atoms with Crippen molar-refractivity contribution in [3.63, 3.8) is 0 Å². The molecule has 0 radical (unpaired) electrons. The van der Waals surface area contributed by atoms with E-state index in [0.717, 1.165) is 44.7 Å². The summed E-state index contributed by atoms with van der Waals surface area (Å²) in [5.41, 5.74) is 0. The predicted molar refractivity (Wildman–Crippen MR) is 107 cm³/mol. The molecule has 0 unspecified atom stereocenters. The van der Waals surface area contributed by atoms with Crippen LogP contribution in [0.4, 0.5) is 5.82 Å². The van der Waals surface area contributed by atoms with Crippen LogP contribution in [0.2, 0.25) is 5.15 Å². The summed E-state index contributed by atoms with van der Waals surface area (Å²) in [6.45, 7) is 4.37. The Kier molecular flexibility index (Phi) is 5.76. The lowest BCUT2D eigenvalue weighted by molar-refractivity contribution is -0.137. The smallest absolute Gasteiger partial charge is 0.227 e. The molecule has 0 aromatic carbocycles. The fourth-order valence-corrected chi connectivity index (χ4v) is 6.36. The lowest BCUT2D eigenvalue weighted by Gasteiger charge is -2.40. The summed E-state index contributed by atoms with van der Waals surface area (Å²) < 4.78 is 23.4. The molecule has 8 nitrogen and oxygen atoms in total. The standard InChI is InChI=1S/C18H26ClN5O3S/c19-16-3-4-17(21-20-16)24-6-1-2-14(12-24)18(25)23-9-7-22(8-10-23)15-5-11-28(26,27)13-15/h3-4,14-15H,1-2,5-13H2/t14-,15-/m1/s1. The lowest BCUT2D eigenvalue weighted by Crippen LogP contribution is -2.54. The summed E-state index contributed by atoms with van der Waals surface area (Å²) in [5.74, 6) is 1.48. The number of hydrogen-bond donors (Lipinski definition) is 0. The van der Waals surface area contributed by atoms with Crippen LogP contribution in [0.5, 0.6) is 0 Å². The molecular weight excluding hydrogens is 402 g/mol. The highest BCUT2D eigenvalue weighted by molar-refractivity contribution is 7.91. The number of piperazine rings is 1. The third kappa shape index (κ3) is 4.41. The first-order valence-corrected chi connectivity index (χ1v) is 12.1. The number of anilines is 1. The molecule has 10 heteroatoms. The van der Waals surface area contributed by atoms with E-state index in [1.54, 1.807) is 6.07 Å². The van der Waals surface area contributed by atoms with Gasteiger partial charge in [-0.1, -0.05) is 11.6 Å². The molecule has 28 heavy (non-hydrogen) atoms. The molecule has 0 bridgehead atoms. The quantitative estimate of drug-likeness (QED) is 0.700. The molecule has 0 spiro atoms. The third-order valence-electron chi connectivity index (χ3n) is 6.06. The van der Waals surface area contributed by atoms with Gasteiger partial charge >= 0.3 is 0 Å². The molecule has 0 saturated carbocycles. The highest BCUT2D eigenvalue weighted by Crippen LogP contribution is 2.25. The minimum atomic E-state index is -2.87. The van der Waals surface area contributed by atoms with E-state index in [0.29, 0.717) is 30.5 Å². The second-order valence-corrected chi connectivity index (χ2v) is 10.5. The van der Waals surface area contributed by atoms with Crippen molar-refractivity contribution in [2.75, 3.05) is 55.7 Å². The van der Waals surface area contributed by atoms with Crippen molar-refractivity contribution in [2.24, 2.45) is 5.92 Å². The monoisotopic (exact) mass is 427 g/mol. The minimum absolute atomic E-state index is 0.0374. The van der Waals surface area contributed by atoms with Crippen molar-refractivity contribution in [1.29, 1.82) is 0 Å². The molecule has 4 rings (SSSR count). The molecule has 1 aromatic heterocycles. The Bertz CT molecular complexity index is 811. The van der Waals surface area contributed by atoms with Crippen LogP contribution in [0.3, 0.4) is 0 Å². The van der Waals surface area contributed by atoms with Gasteiger partial charge in [0.1, 0.15) is 0 Å². The molecule has 3 aliphatic rings. The molecule has 3 fully saturated rings. The van der Waals surface area contributed by atoms with Crippen LogP contribution in [0.25, 0.3) is 0 Å². The van der Waals surface area contributed by atoms with Gasteiger partial charge in [-0.2, -0.15) is 0 Å². The van der Waals surface area contributed by atoms with Crippen LogP contribution in [0.1, 0.15) is 19.3 Å². The van der Waals surface area contributed by atoms with E-state index in [9.17, 15) is 13.2 Å². The maximum absolute atomic E-state index is 13.0. The minimum Gasteiger partial charge on any atom is -0.354 e. The van der Waals surface area contributed by atoms with Gasteiger partial charge in [0.25, 0.3) is 0 Å². The van der Waals surface area contributed by atoms with Gasteiger partial charge in [-0.05, 0) is 31.4 Å². The number of piperidine rings is 1. The van der Waals surface area contributed by atoms with Gasteiger partial charge < -0.3 is 9.80 Å². The van der Waals surface area contributed by atoms with E-state index in [1.165, 1.54) is 0 Å². The van der Waals surface area contributed by atoms with E-state index in [2.05, 4.69) is 20.0 Å². The van der Waals surface area contributed by atoms with Crippen LogP contribution < -0.4 is 4.90 Å². The molecule has 0 aliphatic carbocycles. The maximum atomic E-state index is 13.0. The van der Waals surface area contributed by atoms with Gasteiger partial charge in [0, 0.05) is 45.3 Å². The first-order chi connectivity index (χ1) is 13.4. The predicted octanol–water partition coefficient (Wildman–Crippen LogP) is 0.678. The summed E-state index contributed by atoms with van der Waals surface area (Å²) in [4.78, 5) is 19.3. The molecule has 154 valence electrons. The SMILES string of the molecule is O=C([C@@H]1CCCN(c2ccc(Cl)nn2)C1)N1CCN([C@@H]2CCS(=O)(=O)C2)CC1. The summed E-state index contributed by atoms with van der Waals surface area (Å²) in [5, 5.41) is 8.40. The van der Waals surface area contributed by atoms with Crippen LogP contribution in [0, 0.1) is 5.92 Å². The molecule has 1 aromatic rings. The van der Waals surface area contributed by atoms with Crippen molar-refractivity contribution < 1.29 is 13.2 Å². The Hall–Kier alpha value is -1.45. The number of carbonyl (C=O) groups is 1. The van der Waals surface area contributed by atoms with E-state index in [-0.39, 0.29) is 23.6 Å². The number of sulfone groups is 1. The number of aromatic nitrogens is 2. The first-order valence-electron chi connectivity index (χ1n) is 9.89. The van der Waals surface area contributed by atoms with Gasteiger partial charge in [0.15, 0.2) is 20.8 Å². The fraction of sp³-hybridized carbons (Fsp3) is 0.722. The van der Waals surface area contributed by atoms with Crippen LogP contribution in [-0.4, -0.2) is 91.1 Å². The number of rotatable bonds is 3. The Morgan fingerprint density at radius 1 is 1.07 bits per heavy atom. The highest BCUT2D eigenvalue weighted by Gasteiger charge is 2.36. The van der Waals surface area contributed by atoms with Crippen molar-refractivity contribution in [3.8, 4) is 0 Å². The van der Waals surface area contributed by atoms with Crippen molar-refractivity contribution in [2.45, 2.75) is 25.3 Å². The molecule has 2 atom stereocenters. The van der Waals surface area contributed by atoms with E-state index < -0.39 is 9.84 Å². The lowest BCUT2D eigenvalue weighted by atomic mass is 9.96. The molecule has 0 N–H and O–H groups in total. The summed E-state index contributed by atoms with van der Waals surface area (Å²) in [7, 11) is -2.87. The van der Waals surface area contributed by atoms with Crippen molar-refractivity contribution in [3.05, 3.63) is 17.3 Å². The van der Waals surface area contributed by atoms with Gasteiger partial charge in [-0.25, -0.2) is 8.42 Å². The third-order valence-corrected chi connectivity index (χ3v) is 8.02. The second-order valence-electron chi connectivity index (χ2n) is 7.92.